The fourth-order valence-electron chi connectivity index (χ4n) is 1.35. The van der Waals surface area contributed by atoms with E-state index in [0.29, 0.717) is 18.2 Å². The molecule has 0 aromatic heterocycles. The highest BCUT2D eigenvalue weighted by molar-refractivity contribution is 9.10. The van der Waals surface area contributed by atoms with Crippen molar-refractivity contribution in [2.45, 2.75) is 18.0 Å². The summed E-state index contributed by atoms with van der Waals surface area (Å²) in [7, 11) is 0. The van der Waals surface area contributed by atoms with Crippen LogP contribution in [0.2, 0.25) is 0 Å². The van der Waals surface area contributed by atoms with Crippen LogP contribution in [0, 0.1) is 10.1 Å². The van der Waals surface area contributed by atoms with Crippen LogP contribution < -0.4 is 5.32 Å². The monoisotopic (exact) mass is 412 g/mol. The van der Waals surface area contributed by atoms with Crippen LogP contribution in [-0.2, 0) is 4.79 Å². The number of rotatable bonds is 3. The van der Waals surface area contributed by atoms with Gasteiger partial charge in [-0.2, -0.15) is 26.3 Å². The van der Waals surface area contributed by atoms with Crippen molar-refractivity contribution in [1.29, 1.82) is 0 Å². The van der Waals surface area contributed by atoms with Crippen molar-refractivity contribution in [3.8, 4) is 0 Å². The van der Waals surface area contributed by atoms with Gasteiger partial charge in [-0.3, -0.25) is 14.9 Å². The largest absolute Gasteiger partial charge is 0.441 e. The van der Waals surface area contributed by atoms with E-state index in [4.69, 9.17) is 0 Å². The molecule has 1 aromatic rings. The molecule has 0 saturated carbocycles. The second-order valence-corrected chi connectivity index (χ2v) is 4.88. The van der Waals surface area contributed by atoms with Crippen molar-refractivity contribution in [3.05, 3.63) is 32.8 Å². The number of carbonyl (C=O) groups excluding carboxylic acids is 1. The quantitative estimate of drug-likeness (QED) is 0.460. The van der Waals surface area contributed by atoms with Gasteiger partial charge in [-0.05, 0) is 22.0 Å². The fourth-order valence-corrected chi connectivity index (χ4v) is 1.81. The molecule has 1 aromatic carbocycles. The Labute approximate surface area is 130 Å². The summed E-state index contributed by atoms with van der Waals surface area (Å²) in [5, 5.41) is 11.6. The maximum absolute atomic E-state index is 13.4. The van der Waals surface area contributed by atoms with Gasteiger partial charge in [-0.15, -0.1) is 0 Å². The Kier molecular flexibility index (Phi) is 4.94. The lowest BCUT2D eigenvalue weighted by molar-refractivity contribution is -0.384. The molecule has 0 aliphatic rings. The van der Waals surface area contributed by atoms with Crippen molar-refractivity contribution in [2.24, 2.45) is 0 Å². The molecular formula is C10H4BrF7N2O3. The number of alkyl halides is 7. The molecule has 128 valence electrons. The summed E-state index contributed by atoms with van der Waals surface area (Å²) in [6.45, 7) is 0. The number of benzene rings is 1. The lowest BCUT2D eigenvalue weighted by Crippen LogP contribution is -2.60. The number of amides is 1. The second kappa shape index (κ2) is 5.94. The smallest absolute Gasteiger partial charge is 0.322 e. The number of nitrogens with one attached hydrogen (secondary N) is 1. The van der Waals surface area contributed by atoms with Crippen molar-refractivity contribution in [1.82, 2.24) is 0 Å². The lowest BCUT2D eigenvalue weighted by Gasteiger charge is -2.28. The number of nitro benzene ring substituents is 1. The van der Waals surface area contributed by atoms with Crippen LogP contribution in [0.5, 0.6) is 0 Å². The Balaban J connectivity index is 3.22. The molecule has 0 aliphatic carbocycles. The summed E-state index contributed by atoms with van der Waals surface area (Å²) < 4.78 is 87.2. The predicted octanol–water partition coefficient (Wildman–Crippen LogP) is 4.13. The van der Waals surface area contributed by atoms with Gasteiger partial charge in [0.25, 0.3) is 11.6 Å². The normalized spacial score (nSPS) is 12.9. The van der Waals surface area contributed by atoms with Crippen LogP contribution >= 0.6 is 15.9 Å². The summed E-state index contributed by atoms with van der Waals surface area (Å²) in [5.74, 6) is -3.02. The van der Waals surface area contributed by atoms with Gasteiger partial charge in [-0.25, -0.2) is 4.39 Å². The Morgan fingerprint density at radius 1 is 1.09 bits per heavy atom. The summed E-state index contributed by atoms with van der Waals surface area (Å²) in [6, 6.07) is 2.05. The van der Waals surface area contributed by atoms with Gasteiger partial charge in [0.2, 0.25) is 0 Å². The standard InChI is InChI=1S/C10H4BrF7N2O3/c11-5-3-4(20(22)23)1-2-6(5)19-7(21)8(12,9(13,14)15)10(16,17)18/h1-3H,(H,19,21). The average Bonchev–Trinajstić information content (AvgIpc) is 2.36. The third-order valence-corrected chi connectivity index (χ3v) is 3.16. The molecule has 13 heteroatoms. The zero-order valence-electron chi connectivity index (χ0n) is 10.4. The number of nitrogens with zero attached hydrogens (tertiary/aromatic N) is 1. The summed E-state index contributed by atoms with van der Waals surface area (Å²) >= 11 is 2.61. The summed E-state index contributed by atoms with van der Waals surface area (Å²) in [6.07, 6.45) is -13.1. The number of hydrogen-bond donors (Lipinski definition) is 1. The molecule has 0 unspecified atom stereocenters. The summed E-state index contributed by atoms with van der Waals surface area (Å²) in [5.41, 5.74) is -7.41. The van der Waals surface area contributed by atoms with Crippen molar-refractivity contribution < 1.29 is 40.5 Å². The SMILES string of the molecule is O=C(Nc1ccc([N+](=O)[O-])cc1Br)C(F)(C(F)(F)F)C(F)(F)F. The Morgan fingerprint density at radius 3 is 1.91 bits per heavy atom. The molecule has 0 heterocycles. The zero-order valence-corrected chi connectivity index (χ0v) is 12.0. The Morgan fingerprint density at radius 2 is 1.57 bits per heavy atom. The number of carbonyl (C=O) groups is 1. The lowest BCUT2D eigenvalue weighted by atomic mass is 10.0. The van der Waals surface area contributed by atoms with E-state index in [9.17, 15) is 45.6 Å². The maximum Gasteiger partial charge on any atom is 0.441 e. The first kappa shape index (κ1) is 19.1. The molecule has 0 fully saturated rings. The van der Waals surface area contributed by atoms with E-state index in [2.05, 4.69) is 15.9 Å². The van der Waals surface area contributed by atoms with E-state index in [1.807, 2.05) is 0 Å². The van der Waals surface area contributed by atoms with Crippen molar-refractivity contribution >= 4 is 33.2 Å². The molecule has 0 saturated heterocycles. The fraction of sp³-hybridized carbons (Fsp3) is 0.300. The van der Waals surface area contributed by atoms with Crippen molar-refractivity contribution in [3.63, 3.8) is 0 Å². The highest BCUT2D eigenvalue weighted by Gasteiger charge is 2.77. The van der Waals surface area contributed by atoms with E-state index < -0.39 is 44.7 Å². The van der Waals surface area contributed by atoms with E-state index in [1.54, 1.807) is 0 Å². The van der Waals surface area contributed by atoms with Crippen LogP contribution in [0.3, 0.4) is 0 Å². The maximum atomic E-state index is 13.4. The molecule has 0 bridgehead atoms. The number of hydrogen-bond acceptors (Lipinski definition) is 3. The van der Waals surface area contributed by atoms with Crippen LogP contribution in [0.4, 0.5) is 42.1 Å². The van der Waals surface area contributed by atoms with Gasteiger partial charge in [0.1, 0.15) is 0 Å². The number of nitro groups is 1. The first-order valence-corrected chi connectivity index (χ1v) is 6.09. The highest BCUT2D eigenvalue weighted by Crippen LogP contribution is 2.47. The van der Waals surface area contributed by atoms with Gasteiger partial charge in [0.05, 0.1) is 10.6 Å². The van der Waals surface area contributed by atoms with E-state index in [-0.39, 0.29) is 0 Å². The van der Waals surface area contributed by atoms with Crippen LogP contribution in [0.15, 0.2) is 22.7 Å². The minimum Gasteiger partial charge on any atom is -0.322 e. The molecule has 0 radical (unpaired) electrons. The molecule has 1 N–H and O–H groups in total. The minimum absolute atomic E-state index is 0.410. The molecule has 0 spiro atoms. The molecule has 23 heavy (non-hydrogen) atoms. The average molecular weight is 413 g/mol. The number of anilines is 1. The highest BCUT2D eigenvalue weighted by atomic mass is 79.9. The van der Waals surface area contributed by atoms with E-state index in [0.717, 1.165) is 5.32 Å². The molecule has 1 rings (SSSR count). The van der Waals surface area contributed by atoms with E-state index >= 15 is 0 Å². The topological polar surface area (TPSA) is 72.2 Å². The van der Waals surface area contributed by atoms with Gasteiger partial charge in [0.15, 0.2) is 0 Å². The van der Waals surface area contributed by atoms with Crippen molar-refractivity contribution in [2.75, 3.05) is 5.32 Å². The zero-order chi connectivity index (χ0) is 18.2. The van der Waals surface area contributed by atoms with Crippen LogP contribution in [0.25, 0.3) is 0 Å². The number of halogens is 8. The molecular weight excluding hydrogens is 409 g/mol. The third kappa shape index (κ3) is 3.54. The molecule has 0 atom stereocenters. The van der Waals surface area contributed by atoms with Gasteiger partial charge < -0.3 is 5.32 Å². The van der Waals surface area contributed by atoms with Gasteiger partial charge in [-0.1, -0.05) is 0 Å². The van der Waals surface area contributed by atoms with Gasteiger partial charge in [0, 0.05) is 16.6 Å². The minimum atomic E-state index is -6.55. The first-order valence-electron chi connectivity index (χ1n) is 5.29. The summed E-state index contributed by atoms with van der Waals surface area (Å²) in [4.78, 5) is 20.8. The second-order valence-electron chi connectivity index (χ2n) is 4.03. The molecule has 5 nitrogen and oxygen atoms in total. The molecule has 0 aliphatic heterocycles. The Hall–Kier alpha value is -1.92. The van der Waals surface area contributed by atoms with Crippen LogP contribution in [0.1, 0.15) is 0 Å². The Bertz CT molecular complexity index is 630. The third-order valence-electron chi connectivity index (χ3n) is 2.51. The number of non-ortho nitro benzene ring substituents is 1. The van der Waals surface area contributed by atoms with Crippen LogP contribution in [-0.4, -0.2) is 28.9 Å². The van der Waals surface area contributed by atoms with E-state index in [1.165, 1.54) is 0 Å². The first-order chi connectivity index (χ1) is 10.2. The predicted molar refractivity (Wildman–Crippen MR) is 65.4 cm³/mol. The molecule has 1 amide bonds. The van der Waals surface area contributed by atoms with Gasteiger partial charge >= 0.3 is 18.0 Å².